The SMILES string of the molecule is CCCN(CC(=O)NCCO[C@H]1CC[C@@]2(C)C(=CC[C@H]3[C@@H]4CC[C@H]([C@H](C)CCCC(C)C)[C@@]4(C)CC[C@@H]32)C1)CC(=O)OCC.O=C=O.O=C=O.[CH2-]N(CC(=O)[O-])CC(=O)NCCO[C@H]1CC[C@@]2(C)C(=CC[C@H]3[C@@H]4CC[C@H]([C@H](C)CCCC(C)C)[C@@]4(C)CC[C@@H]32)C1.[Li+].[Li+].[Li+].[OH-]. The van der Waals surface area contributed by atoms with Gasteiger partial charge in [-0.3, -0.25) is 26.3 Å². The van der Waals surface area contributed by atoms with E-state index in [1.807, 2.05) is 11.8 Å². The Morgan fingerprint density at radius 2 is 1.01 bits per heavy atom. The number of aliphatic carboxylic acids is 1. The molecule has 0 unspecified atom stereocenters. The Morgan fingerprint density at radius 1 is 0.596 bits per heavy atom. The Balaban J connectivity index is 0.000000837. The molecule has 94 heavy (non-hydrogen) atoms. The molecule has 0 saturated heterocycles. The van der Waals surface area contributed by atoms with Gasteiger partial charge in [-0.2, -0.15) is 19.2 Å². The minimum atomic E-state index is -1.24. The van der Waals surface area contributed by atoms with E-state index in [0.29, 0.717) is 61.1 Å². The Kier molecular flexibility index (Phi) is 41.4. The van der Waals surface area contributed by atoms with Crippen LogP contribution < -0.4 is 72.3 Å². The Hall–Kier alpha value is -2.29. The molecule has 0 aromatic carbocycles. The van der Waals surface area contributed by atoms with Crippen molar-refractivity contribution in [2.24, 2.45) is 92.7 Å². The zero-order valence-corrected chi connectivity index (χ0v) is 61.5. The molecule has 0 heterocycles. The van der Waals surface area contributed by atoms with Gasteiger partial charge in [-0.25, -0.2) is 0 Å². The van der Waals surface area contributed by atoms with E-state index in [4.69, 9.17) is 33.4 Å². The molecular formula is C74H123Li3N4O13. The predicted octanol–water partition coefficient (Wildman–Crippen LogP) is 2.85. The zero-order chi connectivity index (χ0) is 66.4. The summed E-state index contributed by atoms with van der Waals surface area (Å²) in [5.41, 5.74) is 5.01. The topological polar surface area (TPSA) is 248 Å². The number of carboxylic acid groups (broad SMARTS) is 1. The van der Waals surface area contributed by atoms with Gasteiger partial charge in [0.05, 0.1) is 57.6 Å². The molecule has 17 nitrogen and oxygen atoms in total. The van der Waals surface area contributed by atoms with Crippen molar-refractivity contribution in [1.82, 2.24) is 20.4 Å². The summed E-state index contributed by atoms with van der Waals surface area (Å²) < 4.78 is 17.6. The number of hydrogen-bond donors (Lipinski definition) is 2. The Morgan fingerprint density at radius 3 is 1.39 bits per heavy atom. The van der Waals surface area contributed by atoms with Crippen molar-refractivity contribution in [2.45, 2.75) is 243 Å². The van der Waals surface area contributed by atoms with Crippen molar-refractivity contribution in [3.8, 4) is 0 Å². The molecule has 3 N–H and O–H groups in total. The number of nitrogens with zero attached hydrogens (tertiary/aromatic N) is 2. The van der Waals surface area contributed by atoms with Crippen LogP contribution in [0.5, 0.6) is 0 Å². The molecule has 0 spiro atoms. The second-order valence-electron chi connectivity index (χ2n) is 30.8. The molecule has 0 bridgehead atoms. The van der Waals surface area contributed by atoms with E-state index in [1.54, 1.807) is 18.1 Å². The number of fused-ring (bicyclic) bond motifs is 10. The first-order chi connectivity index (χ1) is 42.8. The summed E-state index contributed by atoms with van der Waals surface area (Å²) in [5, 5.41) is 16.4. The quantitative estimate of drug-likeness (QED) is 0.0360. The van der Waals surface area contributed by atoms with E-state index in [9.17, 15) is 24.3 Å². The monoisotopic (exact) mass is 1300 g/mol. The average molecular weight is 1300 g/mol. The van der Waals surface area contributed by atoms with Crippen LogP contribution >= 0.6 is 0 Å². The summed E-state index contributed by atoms with van der Waals surface area (Å²) in [6.07, 6.45) is 36.1. The molecule has 6 saturated carbocycles. The number of amides is 2. The van der Waals surface area contributed by atoms with Gasteiger partial charge in [0.25, 0.3) is 0 Å². The number of carbonyl (C=O) groups excluding carboxylic acids is 8. The molecule has 8 aliphatic carbocycles. The molecular weight excluding hydrogens is 1170 g/mol. The van der Waals surface area contributed by atoms with Crippen LogP contribution in [0.25, 0.3) is 0 Å². The molecule has 520 valence electrons. The van der Waals surface area contributed by atoms with E-state index in [1.165, 1.54) is 120 Å². The van der Waals surface area contributed by atoms with Gasteiger partial charge in [0, 0.05) is 19.6 Å². The summed E-state index contributed by atoms with van der Waals surface area (Å²) in [7, 11) is 3.56. The Labute approximate surface area is 603 Å². The molecule has 0 aromatic rings. The number of nitrogens with one attached hydrogen (secondary N) is 2. The first kappa shape index (κ1) is 89.7. The molecule has 8 aliphatic rings. The first-order valence-corrected chi connectivity index (χ1v) is 35.6. The number of allylic oxidation sites excluding steroid dienone is 2. The average Bonchev–Trinajstić information content (AvgIpc) is 1.29. The maximum absolute atomic E-state index is 12.5. The number of carbonyl (C=O) groups is 4. The zero-order valence-electron chi connectivity index (χ0n) is 61.5. The van der Waals surface area contributed by atoms with E-state index in [0.717, 1.165) is 103 Å². The van der Waals surface area contributed by atoms with Crippen molar-refractivity contribution in [1.29, 1.82) is 0 Å². The van der Waals surface area contributed by atoms with Crippen LogP contribution in [0, 0.1) is 99.7 Å². The second-order valence-corrected chi connectivity index (χ2v) is 30.8. The number of carboxylic acids is 1. The van der Waals surface area contributed by atoms with E-state index in [-0.39, 0.29) is 131 Å². The van der Waals surface area contributed by atoms with Gasteiger partial charge in [-0.15, -0.1) is 0 Å². The molecule has 20 heteroatoms. The molecule has 16 atom stereocenters. The van der Waals surface area contributed by atoms with Crippen LogP contribution in [0.1, 0.15) is 231 Å². The summed E-state index contributed by atoms with van der Waals surface area (Å²) in [6.45, 7) is 31.9. The molecule has 0 radical (unpaired) electrons. The summed E-state index contributed by atoms with van der Waals surface area (Å²) >= 11 is 0. The summed E-state index contributed by atoms with van der Waals surface area (Å²) in [5.74, 6) is 8.48. The van der Waals surface area contributed by atoms with Gasteiger partial charge in [-0.1, -0.05) is 138 Å². The number of hydrogen-bond acceptors (Lipinski definition) is 15. The molecule has 6 fully saturated rings. The molecule has 0 aliphatic heterocycles. The third-order valence-electron chi connectivity index (χ3n) is 24.4. The maximum atomic E-state index is 12.5. The normalized spacial score (nSPS) is 31.3. The molecule has 2 amide bonds. The van der Waals surface area contributed by atoms with Crippen molar-refractivity contribution < 1.29 is 120 Å². The van der Waals surface area contributed by atoms with Gasteiger partial charge in [0.2, 0.25) is 11.8 Å². The minimum absolute atomic E-state index is 0. The van der Waals surface area contributed by atoms with Gasteiger partial charge in [-0.05, 0) is 215 Å². The Bertz CT molecular complexity index is 2410. The standard InChI is InChI=1S/C38H66N2O4.C34H57N2O4.2CO2.3Li.H2O/c1-8-22-40(26-36(42)43-9-2)25-35(41)39-21-23-44-30-17-19-37(6)29(24-30)13-14-31-33-16-15-32(28(5)12-10-11-27(3)4)38(33,7)20-18-34(31)37;1-23(2)8-7-9-24(3)28-12-13-29-27-11-10-25-20-26(14-16-33(25,4)30(27)15-17-34(28,29)5)40-19-18-35-31(37)21-36(6)22-32(38)39;2*2-1-3;;;;/h13,27-28,30-34H,8-12,14-26H2,1-7H3,(H,39,41);10,23-24,26-30H,6-9,11-22H2,1-5H3,(H,35,37)(H,38,39);;;;;;1H2/q;-1;;;3*+1;/p-2/t28-,30+,31+,32-,33+,34+,37+,38-;24-,26+,27+,28-,29+,30+,33+,34-;;;;;;/m11....../s1. The summed E-state index contributed by atoms with van der Waals surface area (Å²) in [6, 6.07) is 0. The van der Waals surface area contributed by atoms with Crippen LogP contribution in [0.3, 0.4) is 0 Å². The van der Waals surface area contributed by atoms with Crippen molar-refractivity contribution in [3.63, 3.8) is 0 Å². The van der Waals surface area contributed by atoms with E-state index in [2.05, 4.69) is 99.1 Å². The van der Waals surface area contributed by atoms with Crippen molar-refractivity contribution in [3.05, 3.63) is 30.3 Å². The fraction of sp³-hybridized carbons (Fsp3) is 0.851. The third-order valence-corrected chi connectivity index (χ3v) is 24.4. The van der Waals surface area contributed by atoms with Gasteiger partial charge in [0.15, 0.2) is 0 Å². The minimum Gasteiger partial charge on any atom is -0.870 e. The third kappa shape index (κ3) is 24.5. The predicted molar refractivity (Wildman–Crippen MR) is 349 cm³/mol. The summed E-state index contributed by atoms with van der Waals surface area (Å²) in [4.78, 5) is 82.6. The number of ether oxygens (including phenoxy) is 3. The molecule has 8 rings (SSSR count). The maximum Gasteiger partial charge on any atom is 1.00 e. The number of rotatable bonds is 29. The van der Waals surface area contributed by atoms with Crippen molar-refractivity contribution in [2.75, 3.05) is 65.6 Å². The van der Waals surface area contributed by atoms with Crippen LogP contribution in [0.4, 0.5) is 0 Å². The largest absolute Gasteiger partial charge is 1.00 e. The van der Waals surface area contributed by atoms with E-state index >= 15 is 0 Å². The van der Waals surface area contributed by atoms with Crippen LogP contribution in [-0.2, 0) is 52.6 Å². The van der Waals surface area contributed by atoms with Crippen LogP contribution in [0.2, 0.25) is 0 Å². The van der Waals surface area contributed by atoms with Crippen molar-refractivity contribution >= 4 is 36.1 Å². The van der Waals surface area contributed by atoms with E-state index < -0.39 is 5.97 Å². The van der Waals surface area contributed by atoms with Gasteiger partial charge < -0.3 is 45.1 Å². The van der Waals surface area contributed by atoms with Crippen LogP contribution in [-0.4, -0.2) is 129 Å². The fourth-order valence-electron chi connectivity index (χ4n) is 20.1. The van der Waals surface area contributed by atoms with Gasteiger partial charge >= 0.3 is 74.9 Å². The van der Waals surface area contributed by atoms with Crippen LogP contribution in [0.15, 0.2) is 23.3 Å². The first-order valence-electron chi connectivity index (χ1n) is 35.6. The fourth-order valence-corrected chi connectivity index (χ4v) is 20.1. The number of esters is 1. The smallest absolute Gasteiger partial charge is 0.870 e. The van der Waals surface area contributed by atoms with Gasteiger partial charge in [0.1, 0.15) is 0 Å². The molecule has 0 aromatic heterocycles. The second kappa shape index (κ2) is 43.4.